The van der Waals surface area contributed by atoms with Crippen LogP contribution in [0.15, 0.2) is 127 Å². The summed E-state index contributed by atoms with van der Waals surface area (Å²) < 4.78 is 39.6. The van der Waals surface area contributed by atoms with Crippen LogP contribution in [0.4, 0.5) is 18.9 Å². The number of halogens is 3. The number of pyridine rings is 1. The lowest BCUT2D eigenvalue weighted by molar-refractivity contribution is -0.123. The maximum atomic E-state index is 13.2. The van der Waals surface area contributed by atoms with Gasteiger partial charge in [0.15, 0.2) is 0 Å². The molecule has 0 fully saturated rings. The number of aromatic nitrogens is 1. The first-order valence-corrected chi connectivity index (χ1v) is 17.7. The van der Waals surface area contributed by atoms with Crippen LogP contribution in [0.3, 0.4) is 0 Å². The van der Waals surface area contributed by atoms with Crippen LogP contribution < -0.4 is 10.6 Å². The van der Waals surface area contributed by atoms with E-state index in [1.54, 1.807) is 0 Å². The summed E-state index contributed by atoms with van der Waals surface area (Å²) in [4.78, 5) is 4.66. The lowest BCUT2D eigenvalue weighted by Crippen LogP contribution is -2.39. The zero-order chi connectivity index (χ0) is 35.3. The number of unbranched alkanes of at least 4 members (excludes halogenated alkanes) is 5. The van der Waals surface area contributed by atoms with Gasteiger partial charge in [0.1, 0.15) is 6.54 Å². The zero-order valence-electron chi connectivity index (χ0n) is 29.4. The SMILES string of the molecule is C=C(Nc1ccc(CCCCC2(C(=C)NCC(F)(F)F)c3ccccc3-c3ccccc32)nc1)C1=CC=CCC=C1C.CCCCCCC. The molecule has 5 rings (SSSR count). The number of rotatable bonds is 15. The van der Waals surface area contributed by atoms with Crippen LogP contribution in [0.5, 0.6) is 0 Å². The van der Waals surface area contributed by atoms with Crippen molar-refractivity contribution in [3.8, 4) is 11.1 Å². The summed E-state index contributed by atoms with van der Waals surface area (Å²) in [5, 5.41) is 6.00. The number of allylic oxidation sites excluding steroid dienone is 6. The van der Waals surface area contributed by atoms with Gasteiger partial charge in [-0.3, -0.25) is 4.98 Å². The van der Waals surface area contributed by atoms with E-state index in [-0.39, 0.29) is 0 Å². The molecule has 0 amide bonds. The Bertz CT molecular complexity index is 1590. The molecule has 3 nitrogen and oxygen atoms in total. The lowest BCUT2D eigenvalue weighted by atomic mass is 9.71. The van der Waals surface area contributed by atoms with Crippen molar-refractivity contribution in [3.05, 3.63) is 144 Å². The average molecular weight is 668 g/mol. The van der Waals surface area contributed by atoms with E-state index in [0.717, 1.165) is 70.6 Å². The monoisotopic (exact) mass is 667 g/mol. The van der Waals surface area contributed by atoms with Gasteiger partial charge in [0.05, 0.1) is 17.3 Å². The normalized spacial score (nSPS) is 14.3. The fraction of sp³-hybridized carbons (Fsp3) is 0.372. The summed E-state index contributed by atoms with van der Waals surface area (Å²) in [6.07, 6.45) is 16.8. The third-order valence-corrected chi connectivity index (χ3v) is 9.35. The molecule has 0 atom stereocenters. The summed E-state index contributed by atoms with van der Waals surface area (Å²) in [5.41, 5.74) is 8.67. The van der Waals surface area contributed by atoms with Gasteiger partial charge in [-0.2, -0.15) is 13.2 Å². The zero-order valence-corrected chi connectivity index (χ0v) is 29.4. The Balaban J connectivity index is 0.000000698. The minimum atomic E-state index is -4.33. The van der Waals surface area contributed by atoms with Crippen molar-refractivity contribution in [3.63, 3.8) is 0 Å². The molecule has 49 heavy (non-hydrogen) atoms. The minimum Gasteiger partial charge on any atom is -0.379 e. The van der Waals surface area contributed by atoms with E-state index < -0.39 is 18.1 Å². The van der Waals surface area contributed by atoms with Crippen LogP contribution >= 0.6 is 0 Å². The van der Waals surface area contributed by atoms with E-state index in [1.165, 1.54) is 37.7 Å². The molecule has 1 heterocycles. The van der Waals surface area contributed by atoms with Crippen molar-refractivity contribution >= 4 is 5.69 Å². The summed E-state index contributed by atoms with van der Waals surface area (Å²) in [6, 6.07) is 20.0. The molecule has 0 spiro atoms. The minimum absolute atomic E-state index is 0.385. The quantitative estimate of drug-likeness (QED) is 0.158. The Hall–Kier alpha value is -4.32. The molecule has 2 aliphatic rings. The van der Waals surface area contributed by atoms with Gasteiger partial charge in [-0.15, -0.1) is 0 Å². The second kappa shape index (κ2) is 17.9. The Morgan fingerprint density at radius 2 is 1.51 bits per heavy atom. The molecular formula is C43H52F3N3. The van der Waals surface area contributed by atoms with Gasteiger partial charge >= 0.3 is 6.18 Å². The molecule has 0 saturated heterocycles. The summed E-state index contributed by atoms with van der Waals surface area (Å²) >= 11 is 0. The molecule has 0 unspecified atom stereocenters. The van der Waals surface area contributed by atoms with Crippen molar-refractivity contribution < 1.29 is 13.2 Å². The van der Waals surface area contributed by atoms with Crippen LogP contribution in [0.25, 0.3) is 11.1 Å². The van der Waals surface area contributed by atoms with Gasteiger partial charge < -0.3 is 10.6 Å². The highest BCUT2D eigenvalue weighted by Gasteiger charge is 2.45. The first-order valence-electron chi connectivity index (χ1n) is 17.7. The van der Waals surface area contributed by atoms with Crippen LogP contribution in [-0.2, 0) is 11.8 Å². The van der Waals surface area contributed by atoms with Crippen LogP contribution in [0, 0.1) is 0 Å². The molecule has 2 N–H and O–H groups in total. The van der Waals surface area contributed by atoms with Gasteiger partial charge in [0.2, 0.25) is 0 Å². The van der Waals surface area contributed by atoms with E-state index in [1.807, 2.05) is 72.9 Å². The van der Waals surface area contributed by atoms with E-state index >= 15 is 0 Å². The second-order valence-corrected chi connectivity index (χ2v) is 13.0. The molecule has 0 bridgehead atoms. The van der Waals surface area contributed by atoms with E-state index in [2.05, 4.69) is 67.8 Å². The maximum absolute atomic E-state index is 13.2. The van der Waals surface area contributed by atoms with Crippen molar-refractivity contribution in [2.24, 2.45) is 0 Å². The highest BCUT2D eigenvalue weighted by Crippen LogP contribution is 2.54. The van der Waals surface area contributed by atoms with E-state index in [9.17, 15) is 13.2 Å². The fourth-order valence-corrected chi connectivity index (χ4v) is 6.76. The standard InChI is InChI=1S/C36H36F3N3.C7H16/c1-25-13-5-4-6-15-30(25)26(2)42-29-21-20-28(40-23-29)14-11-12-22-35(27(3)41-24-36(37,38)39)33-18-9-7-16-31(33)32-17-8-10-19-34(32)35;1-3-5-7-6-4-2/h4,6-10,13,15-21,23,41-42H,2-3,5,11-12,14,22,24H2,1H3;3-7H2,1-2H3. The predicted molar refractivity (Wildman–Crippen MR) is 200 cm³/mol. The number of aryl methyl sites for hydroxylation is 1. The van der Waals surface area contributed by atoms with E-state index in [0.29, 0.717) is 12.1 Å². The topological polar surface area (TPSA) is 37.0 Å². The lowest BCUT2D eigenvalue weighted by Gasteiger charge is -2.35. The van der Waals surface area contributed by atoms with Crippen LogP contribution in [0.1, 0.15) is 95.4 Å². The molecule has 3 aromatic rings. The molecular weight excluding hydrogens is 615 g/mol. The van der Waals surface area contributed by atoms with Crippen molar-refractivity contribution in [2.45, 2.75) is 96.6 Å². The summed E-state index contributed by atoms with van der Waals surface area (Å²) in [5.74, 6) is 0. The van der Waals surface area contributed by atoms with Crippen molar-refractivity contribution in [1.29, 1.82) is 0 Å². The Kier molecular flexibility index (Phi) is 13.7. The molecule has 260 valence electrons. The fourth-order valence-electron chi connectivity index (χ4n) is 6.76. The number of hydrogen-bond donors (Lipinski definition) is 2. The summed E-state index contributed by atoms with van der Waals surface area (Å²) in [7, 11) is 0. The molecule has 2 aliphatic carbocycles. The third kappa shape index (κ3) is 9.87. The molecule has 0 saturated carbocycles. The third-order valence-electron chi connectivity index (χ3n) is 9.35. The molecule has 0 radical (unpaired) electrons. The van der Waals surface area contributed by atoms with Gasteiger partial charge in [-0.05, 0) is 78.1 Å². The van der Waals surface area contributed by atoms with Crippen molar-refractivity contribution in [2.75, 3.05) is 11.9 Å². The Morgan fingerprint density at radius 3 is 2.10 bits per heavy atom. The molecule has 6 heteroatoms. The first kappa shape index (κ1) is 37.5. The number of nitrogens with zero attached hydrogens (tertiary/aromatic N) is 1. The number of fused-ring (bicyclic) bond motifs is 3. The Morgan fingerprint density at radius 1 is 0.857 bits per heavy atom. The number of nitrogens with one attached hydrogen (secondary N) is 2. The smallest absolute Gasteiger partial charge is 0.379 e. The second-order valence-electron chi connectivity index (χ2n) is 13.0. The largest absolute Gasteiger partial charge is 0.405 e. The number of alkyl halides is 3. The molecule has 2 aromatic carbocycles. The number of anilines is 1. The van der Waals surface area contributed by atoms with Crippen molar-refractivity contribution in [1.82, 2.24) is 10.3 Å². The maximum Gasteiger partial charge on any atom is 0.405 e. The number of benzene rings is 2. The van der Waals surface area contributed by atoms with Gasteiger partial charge in [0, 0.05) is 17.1 Å². The van der Waals surface area contributed by atoms with Gasteiger partial charge in [-0.1, -0.05) is 138 Å². The summed E-state index contributed by atoms with van der Waals surface area (Å²) in [6.45, 7) is 13.8. The van der Waals surface area contributed by atoms with Gasteiger partial charge in [-0.25, -0.2) is 0 Å². The molecule has 0 aliphatic heterocycles. The highest BCUT2D eigenvalue weighted by atomic mass is 19.4. The molecule has 1 aromatic heterocycles. The number of hydrogen-bond acceptors (Lipinski definition) is 3. The van der Waals surface area contributed by atoms with Crippen LogP contribution in [-0.4, -0.2) is 17.7 Å². The highest BCUT2D eigenvalue weighted by molar-refractivity contribution is 5.83. The first-order chi connectivity index (χ1) is 23.6. The van der Waals surface area contributed by atoms with Gasteiger partial charge in [0.25, 0.3) is 0 Å². The average Bonchev–Trinajstić information content (AvgIpc) is 3.19. The van der Waals surface area contributed by atoms with Crippen LogP contribution in [0.2, 0.25) is 0 Å². The predicted octanol–water partition coefficient (Wildman–Crippen LogP) is 12.2. The van der Waals surface area contributed by atoms with E-state index in [4.69, 9.17) is 0 Å². The Labute approximate surface area is 291 Å².